The fourth-order valence-corrected chi connectivity index (χ4v) is 2.21. The number of pyridine rings is 1. The SMILES string of the molecule is CC(=O)NCc1cc(C(=O)N2CCC(N)CC2)ccn1. The normalized spacial score (nSPS) is 16.0. The van der Waals surface area contributed by atoms with Crippen molar-refractivity contribution in [1.82, 2.24) is 15.2 Å². The van der Waals surface area contributed by atoms with Crippen molar-refractivity contribution in [1.29, 1.82) is 0 Å². The molecule has 1 aliphatic heterocycles. The molecule has 0 saturated carbocycles. The average molecular weight is 276 g/mol. The highest BCUT2D eigenvalue weighted by atomic mass is 16.2. The van der Waals surface area contributed by atoms with Crippen LogP contribution >= 0.6 is 0 Å². The molecule has 1 saturated heterocycles. The van der Waals surface area contributed by atoms with Gasteiger partial charge in [0.05, 0.1) is 12.2 Å². The highest BCUT2D eigenvalue weighted by molar-refractivity contribution is 5.94. The second-order valence-electron chi connectivity index (χ2n) is 5.08. The fourth-order valence-electron chi connectivity index (χ4n) is 2.21. The van der Waals surface area contributed by atoms with Gasteiger partial charge in [-0.15, -0.1) is 0 Å². The van der Waals surface area contributed by atoms with E-state index in [1.165, 1.54) is 6.92 Å². The third-order valence-corrected chi connectivity index (χ3v) is 3.41. The number of hydrogen-bond acceptors (Lipinski definition) is 4. The lowest BCUT2D eigenvalue weighted by atomic mass is 10.0. The molecule has 20 heavy (non-hydrogen) atoms. The Kier molecular flexibility index (Phi) is 4.68. The number of hydrogen-bond donors (Lipinski definition) is 2. The summed E-state index contributed by atoms with van der Waals surface area (Å²) in [5.41, 5.74) is 7.13. The summed E-state index contributed by atoms with van der Waals surface area (Å²) < 4.78 is 0. The summed E-state index contributed by atoms with van der Waals surface area (Å²) in [5.74, 6) is -0.114. The molecule has 0 radical (unpaired) electrons. The minimum Gasteiger partial charge on any atom is -0.351 e. The van der Waals surface area contributed by atoms with E-state index in [1.54, 1.807) is 18.3 Å². The average Bonchev–Trinajstić information content (AvgIpc) is 2.45. The number of nitrogens with one attached hydrogen (secondary N) is 1. The van der Waals surface area contributed by atoms with E-state index in [2.05, 4.69) is 10.3 Å². The van der Waals surface area contributed by atoms with Crippen LogP contribution < -0.4 is 11.1 Å². The van der Waals surface area contributed by atoms with Crippen molar-refractivity contribution in [2.75, 3.05) is 13.1 Å². The summed E-state index contributed by atoms with van der Waals surface area (Å²) in [6.07, 6.45) is 3.28. The van der Waals surface area contributed by atoms with E-state index in [1.807, 2.05) is 4.90 Å². The molecular formula is C14H20N4O2. The summed E-state index contributed by atoms with van der Waals surface area (Å²) in [7, 11) is 0. The number of piperidine rings is 1. The monoisotopic (exact) mass is 276 g/mol. The zero-order valence-electron chi connectivity index (χ0n) is 11.6. The molecule has 2 rings (SSSR count). The second kappa shape index (κ2) is 6.47. The molecule has 0 bridgehead atoms. The molecule has 0 aliphatic carbocycles. The maximum atomic E-state index is 12.4. The number of likely N-dealkylation sites (tertiary alicyclic amines) is 1. The molecule has 3 N–H and O–H groups in total. The van der Waals surface area contributed by atoms with E-state index in [0.717, 1.165) is 12.8 Å². The number of amides is 2. The first-order valence-electron chi connectivity index (χ1n) is 6.80. The quantitative estimate of drug-likeness (QED) is 0.830. The number of rotatable bonds is 3. The fraction of sp³-hybridized carbons (Fsp3) is 0.500. The third kappa shape index (κ3) is 3.77. The Bertz CT molecular complexity index is 496. The van der Waals surface area contributed by atoms with Crippen LogP contribution in [0.1, 0.15) is 35.8 Å². The van der Waals surface area contributed by atoms with Gasteiger partial charge in [0.15, 0.2) is 0 Å². The molecule has 108 valence electrons. The molecule has 2 heterocycles. The Labute approximate surface area is 118 Å². The predicted octanol–water partition coefficient (Wildman–Crippen LogP) is 0.281. The van der Waals surface area contributed by atoms with Crippen LogP contribution in [-0.2, 0) is 11.3 Å². The third-order valence-electron chi connectivity index (χ3n) is 3.41. The first-order chi connectivity index (χ1) is 9.56. The highest BCUT2D eigenvalue weighted by Crippen LogP contribution is 2.13. The first kappa shape index (κ1) is 14.5. The summed E-state index contributed by atoms with van der Waals surface area (Å²) in [6.45, 7) is 3.18. The Hall–Kier alpha value is -1.95. The van der Waals surface area contributed by atoms with E-state index in [4.69, 9.17) is 5.73 Å². The number of carbonyl (C=O) groups excluding carboxylic acids is 2. The molecule has 0 unspecified atom stereocenters. The Morgan fingerprint density at radius 1 is 1.45 bits per heavy atom. The van der Waals surface area contributed by atoms with Gasteiger partial charge in [0.25, 0.3) is 5.91 Å². The number of carbonyl (C=O) groups is 2. The van der Waals surface area contributed by atoms with E-state index in [9.17, 15) is 9.59 Å². The molecule has 6 nitrogen and oxygen atoms in total. The highest BCUT2D eigenvalue weighted by Gasteiger charge is 2.21. The molecule has 0 atom stereocenters. The number of aromatic nitrogens is 1. The Morgan fingerprint density at radius 2 is 2.15 bits per heavy atom. The van der Waals surface area contributed by atoms with E-state index < -0.39 is 0 Å². The van der Waals surface area contributed by atoms with Gasteiger partial charge in [-0.05, 0) is 25.0 Å². The molecular weight excluding hydrogens is 256 g/mol. The van der Waals surface area contributed by atoms with Gasteiger partial charge in [-0.25, -0.2) is 0 Å². The summed E-state index contributed by atoms with van der Waals surface area (Å²) >= 11 is 0. The van der Waals surface area contributed by atoms with Gasteiger partial charge in [0, 0.05) is 37.8 Å². The maximum Gasteiger partial charge on any atom is 0.253 e. The molecule has 1 aromatic rings. The molecule has 0 spiro atoms. The van der Waals surface area contributed by atoms with Crippen LogP contribution in [0.5, 0.6) is 0 Å². The van der Waals surface area contributed by atoms with E-state index in [-0.39, 0.29) is 17.9 Å². The van der Waals surface area contributed by atoms with Crippen molar-refractivity contribution in [2.24, 2.45) is 5.73 Å². The molecule has 0 aromatic carbocycles. The van der Waals surface area contributed by atoms with Crippen molar-refractivity contribution < 1.29 is 9.59 Å². The maximum absolute atomic E-state index is 12.4. The van der Waals surface area contributed by atoms with Crippen LogP contribution in [0.4, 0.5) is 0 Å². The number of nitrogens with zero attached hydrogens (tertiary/aromatic N) is 2. The minimum atomic E-state index is -0.117. The van der Waals surface area contributed by atoms with E-state index >= 15 is 0 Å². The van der Waals surface area contributed by atoms with Gasteiger partial charge in [0.1, 0.15) is 0 Å². The van der Waals surface area contributed by atoms with Crippen LogP contribution in [0.3, 0.4) is 0 Å². The largest absolute Gasteiger partial charge is 0.351 e. The second-order valence-corrected chi connectivity index (χ2v) is 5.08. The van der Waals surface area contributed by atoms with Gasteiger partial charge in [0.2, 0.25) is 5.91 Å². The van der Waals surface area contributed by atoms with Gasteiger partial charge >= 0.3 is 0 Å². The summed E-state index contributed by atoms with van der Waals surface area (Å²) in [4.78, 5) is 29.2. The molecule has 1 aromatic heterocycles. The predicted molar refractivity (Wildman–Crippen MR) is 74.9 cm³/mol. The van der Waals surface area contributed by atoms with Crippen molar-refractivity contribution in [2.45, 2.75) is 32.4 Å². The molecule has 2 amide bonds. The van der Waals surface area contributed by atoms with Gasteiger partial charge < -0.3 is 16.0 Å². The first-order valence-corrected chi connectivity index (χ1v) is 6.80. The van der Waals surface area contributed by atoms with Crippen molar-refractivity contribution in [3.05, 3.63) is 29.6 Å². The van der Waals surface area contributed by atoms with Crippen molar-refractivity contribution in [3.8, 4) is 0 Å². The Morgan fingerprint density at radius 3 is 2.80 bits per heavy atom. The lowest BCUT2D eigenvalue weighted by molar-refractivity contribution is -0.119. The van der Waals surface area contributed by atoms with Gasteiger partial charge in [-0.3, -0.25) is 14.6 Å². The zero-order chi connectivity index (χ0) is 14.5. The van der Waals surface area contributed by atoms with Gasteiger partial charge in [-0.2, -0.15) is 0 Å². The van der Waals surface area contributed by atoms with E-state index in [0.29, 0.717) is 30.9 Å². The summed E-state index contributed by atoms with van der Waals surface area (Å²) in [5, 5.41) is 2.67. The molecule has 6 heteroatoms. The van der Waals surface area contributed by atoms with Crippen LogP contribution in [-0.4, -0.2) is 40.8 Å². The molecule has 1 fully saturated rings. The lowest BCUT2D eigenvalue weighted by Gasteiger charge is -2.30. The number of nitrogens with two attached hydrogens (primary N) is 1. The topological polar surface area (TPSA) is 88.3 Å². The Balaban J connectivity index is 2.02. The van der Waals surface area contributed by atoms with Crippen LogP contribution in [0.25, 0.3) is 0 Å². The van der Waals surface area contributed by atoms with Crippen LogP contribution in [0.2, 0.25) is 0 Å². The van der Waals surface area contributed by atoms with Crippen molar-refractivity contribution in [3.63, 3.8) is 0 Å². The minimum absolute atomic E-state index is 0.00313. The smallest absolute Gasteiger partial charge is 0.253 e. The lowest BCUT2D eigenvalue weighted by Crippen LogP contribution is -2.42. The zero-order valence-corrected chi connectivity index (χ0v) is 11.6. The standard InChI is InChI=1S/C14H20N4O2/c1-10(19)17-9-13-8-11(2-5-16-13)14(20)18-6-3-12(15)4-7-18/h2,5,8,12H,3-4,6-7,9,15H2,1H3,(H,17,19). The van der Waals surface area contributed by atoms with Crippen LogP contribution in [0, 0.1) is 0 Å². The molecule has 1 aliphatic rings. The van der Waals surface area contributed by atoms with Crippen LogP contribution in [0.15, 0.2) is 18.3 Å². The van der Waals surface area contributed by atoms with Crippen molar-refractivity contribution >= 4 is 11.8 Å². The van der Waals surface area contributed by atoms with Gasteiger partial charge in [-0.1, -0.05) is 0 Å². The summed E-state index contributed by atoms with van der Waals surface area (Å²) in [6, 6.07) is 3.63.